The number of ether oxygens (including phenoxy) is 3. The van der Waals surface area contributed by atoms with E-state index in [0.29, 0.717) is 17.2 Å². The zero-order valence-corrected chi connectivity index (χ0v) is 11.2. The van der Waals surface area contributed by atoms with Crippen molar-refractivity contribution in [1.29, 1.82) is 0 Å². The molecule has 0 bridgehead atoms. The van der Waals surface area contributed by atoms with Crippen LogP contribution in [0.3, 0.4) is 0 Å². The van der Waals surface area contributed by atoms with E-state index in [1.807, 2.05) is 0 Å². The molecule has 7 heteroatoms. The predicted octanol–water partition coefficient (Wildman–Crippen LogP) is 0.397. The molecule has 1 aromatic carbocycles. The summed E-state index contributed by atoms with van der Waals surface area (Å²) in [6.45, 7) is 0. The van der Waals surface area contributed by atoms with Gasteiger partial charge in [-0.25, -0.2) is 0 Å². The van der Waals surface area contributed by atoms with Gasteiger partial charge in [0.15, 0.2) is 0 Å². The number of amides is 2. The fourth-order valence-corrected chi connectivity index (χ4v) is 1.41. The van der Waals surface area contributed by atoms with E-state index < -0.39 is 11.8 Å². The maximum absolute atomic E-state index is 11.6. The van der Waals surface area contributed by atoms with E-state index in [-0.39, 0.29) is 5.69 Å². The number of anilines is 1. The Morgan fingerprint density at radius 2 is 1.47 bits per heavy atom. The standard InChI is InChI=1S/C12H16N2O5/c1-13-11(15)12(16)14-10-8(18-3)5-7(17-2)6-9(10)19-4/h5-6H,1-4H3,(H,13,15)(H,14,16). The lowest BCUT2D eigenvalue weighted by molar-refractivity contribution is -0.135. The number of methoxy groups -OCH3 is 3. The maximum Gasteiger partial charge on any atom is 0.313 e. The summed E-state index contributed by atoms with van der Waals surface area (Å²) in [7, 11) is 5.73. The first kappa shape index (κ1) is 14.6. The number of benzene rings is 1. The Kier molecular flexibility index (Phi) is 4.99. The Balaban J connectivity index is 3.17. The Morgan fingerprint density at radius 1 is 0.947 bits per heavy atom. The van der Waals surface area contributed by atoms with Gasteiger partial charge in [0, 0.05) is 19.2 Å². The first-order chi connectivity index (χ1) is 9.07. The van der Waals surface area contributed by atoms with E-state index in [2.05, 4.69) is 10.6 Å². The Bertz CT molecular complexity index is 462. The molecule has 2 N–H and O–H groups in total. The van der Waals surface area contributed by atoms with Crippen LogP contribution in [-0.2, 0) is 9.59 Å². The van der Waals surface area contributed by atoms with Crippen molar-refractivity contribution in [2.45, 2.75) is 0 Å². The van der Waals surface area contributed by atoms with Crippen LogP contribution in [0.5, 0.6) is 17.2 Å². The molecule has 0 radical (unpaired) electrons. The van der Waals surface area contributed by atoms with Gasteiger partial charge in [-0.1, -0.05) is 0 Å². The van der Waals surface area contributed by atoms with Gasteiger partial charge in [0.05, 0.1) is 21.3 Å². The van der Waals surface area contributed by atoms with Crippen LogP contribution in [0.4, 0.5) is 5.69 Å². The molecule has 1 aromatic rings. The minimum atomic E-state index is -0.815. The molecular formula is C12H16N2O5. The molecule has 0 saturated heterocycles. The van der Waals surface area contributed by atoms with Gasteiger partial charge in [-0.05, 0) is 0 Å². The largest absolute Gasteiger partial charge is 0.496 e. The SMILES string of the molecule is CNC(=O)C(=O)Nc1c(OC)cc(OC)cc1OC. The molecule has 0 aliphatic rings. The number of hydrogen-bond acceptors (Lipinski definition) is 5. The summed E-state index contributed by atoms with van der Waals surface area (Å²) in [5, 5.41) is 4.65. The fraction of sp³-hybridized carbons (Fsp3) is 0.333. The van der Waals surface area contributed by atoms with Crippen molar-refractivity contribution in [2.75, 3.05) is 33.7 Å². The normalized spacial score (nSPS) is 9.47. The minimum Gasteiger partial charge on any atom is -0.496 e. The third-order valence-corrected chi connectivity index (χ3v) is 2.39. The van der Waals surface area contributed by atoms with Crippen molar-refractivity contribution >= 4 is 17.5 Å². The van der Waals surface area contributed by atoms with Crippen LogP contribution < -0.4 is 24.8 Å². The average Bonchev–Trinajstić information content (AvgIpc) is 2.45. The quantitative estimate of drug-likeness (QED) is 0.772. The van der Waals surface area contributed by atoms with Gasteiger partial charge in [-0.2, -0.15) is 0 Å². The van der Waals surface area contributed by atoms with Crippen LogP contribution in [0.15, 0.2) is 12.1 Å². The second kappa shape index (κ2) is 6.48. The van der Waals surface area contributed by atoms with Crippen molar-refractivity contribution in [3.8, 4) is 17.2 Å². The van der Waals surface area contributed by atoms with E-state index in [4.69, 9.17) is 14.2 Å². The molecule has 0 unspecified atom stereocenters. The third kappa shape index (κ3) is 3.27. The van der Waals surface area contributed by atoms with Crippen molar-refractivity contribution in [3.05, 3.63) is 12.1 Å². The first-order valence-corrected chi connectivity index (χ1v) is 5.40. The summed E-state index contributed by atoms with van der Waals surface area (Å²) in [5.41, 5.74) is 0.263. The molecule has 7 nitrogen and oxygen atoms in total. The highest BCUT2D eigenvalue weighted by molar-refractivity contribution is 6.39. The van der Waals surface area contributed by atoms with Gasteiger partial charge in [0.25, 0.3) is 0 Å². The van der Waals surface area contributed by atoms with Crippen LogP contribution in [0.25, 0.3) is 0 Å². The van der Waals surface area contributed by atoms with E-state index in [0.717, 1.165) is 0 Å². The molecule has 0 aliphatic carbocycles. The fourth-order valence-electron chi connectivity index (χ4n) is 1.41. The Morgan fingerprint density at radius 3 is 1.84 bits per heavy atom. The number of rotatable bonds is 4. The molecule has 0 saturated carbocycles. The summed E-state index contributed by atoms with van der Waals surface area (Å²) in [6.07, 6.45) is 0. The molecule has 1 rings (SSSR count). The lowest BCUT2D eigenvalue weighted by Crippen LogP contribution is -2.32. The highest BCUT2D eigenvalue weighted by atomic mass is 16.5. The van der Waals surface area contributed by atoms with E-state index >= 15 is 0 Å². The van der Waals surface area contributed by atoms with Crippen LogP contribution in [0.2, 0.25) is 0 Å². The molecule has 0 aliphatic heterocycles. The minimum absolute atomic E-state index is 0.263. The van der Waals surface area contributed by atoms with Crippen LogP contribution in [-0.4, -0.2) is 40.2 Å². The molecule has 0 fully saturated rings. The molecule has 104 valence electrons. The highest BCUT2D eigenvalue weighted by Gasteiger charge is 2.19. The Hall–Kier alpha value is -2.44. The lowest BCUT2D eigenvalue weighted by Gasteiger charge is -2.15. The number of nitrogens with one attached hydrogen (secondary N) is 2. The van der Waals surface area contributed by atoms with E-state index in [1.54, 1.807) is 12.1 Å². The summed E-state index contributed by atoms with van der Waals surface area (Å²) >= 11 is 0. The average molecular weight is 268 g/mol. The van der Waals surface area contributed by atoms with Gasteiger partial charge in [-0.3, -0.25) is 9.59 Å². The number of carbonyl (C=O) groups excluding carboxylic acids is 2. The molecule has 19 heavy (non-hydrogen) atoms. The monoisotopic (exact) mass is 268 g/mol. The van der Waals surface area contributed by atoms with Gasteiger partial charge in [-0.15, -0.1) is 0 Å². The van der Waals surface area contributed by atoms with Crippen molar-refractivity contribution < 1.29 is 23.8 Å². The molecule has 0 aromatic heterocycles. The second-order valence-electron chi connectivity index (χ2n) is 3.44. The van der Waals surface area contributed by atoms with Gasteiger partial charge in [0.2, 0.25) is 0 Å². The summed E-state index contributed by atoms with van der Waals surface area (Å²) in [5.74, 6) is -0.419. The third-order valence-electron chi connectivity index (χ3n) is 2.39. The van der Waals surface area contributed by atoms with Gasteiger partial charge in [0.1, 0.15) is 22.9 Å². The van der Waals surface area contributed by atoms with Crippen LogP contribution in [0, 0.1) is 0 Å². The summed E-state index contributed by atoms with van der Waals surface area (Å²) < 4.78 is 15.4. The summed E-state index contributed by atoms with van der Waals surface area (Å²) in [6, 6.07) is 3.14. The summed E-state index contributed by atoms with van der Waals surface area (Å²) in [4.78, 5) is 22.8. The van der Waals surface area contributed by atoms with Crippen molar-refractivity contribution in [1.82, 2.24) is 5.32 Å². The van der Waals surface area contributed by atoms with Crippen LogP contribution >= 0.6 is 0 Å². The predicted molar refractivity (Wildman–Crippen MR) is 68.8 cm³/mol. The van der Waals surface area contributed by atoms with Crippen molar-refractivity contribution in [3.63, 3.8) is 0 Å². The van der Waals surface area contributed by atoms with E-state index in [9.17, 15) is 9.59 Å². The molecule has 0 spiro atoms. The zero-order chi connectivity index (χ0) is 14.4. The first-order valence-electron chi connectivity index (χ1n) is 5.40. The molecule has 2 amide bonds. The van der Waals surface area contributed by atoms with E-state index in [1.165, 1.54) is 28.4 Å². The smallest absolute Gasteiger partial charge is 0.313 e. The molecule has 0 atom stereocenters. The zero-order valence-electron chi connectivity index (χ0n) is 11.2. The van der Waals surface area contributed by atoms with Crippen LogP contribution in [0.1, 0.15) is 0 Å². The van der Waals surface area contributed by atoms with Gasteiger partial charge >= 0.3 is 11.8 Å². The highest BCUT2D eigenvalue weighted by Crippen LogP contribution is 2.38. The molecular weight excluding hydrogens is 252 g/mol. The maximum atomic E-state index is 11.6. The second-order valence-corrected chi connectivity index (χ2v) is 3.44. The number of hydrogen-bond donors (Lipinski definition) is 2. The van der Waals surface area contributed by atoms with Gasteiger partial charge < -0.3 is 24.8 Å². The lowest BCUT2D eigenvalue weighted by atomic mass is 10.2. The molecule has 0 heterocycles. The van der Waals surface area contributed by atoms with Crippen molar-refractivity contribution in [2.24, 2.45) is 0 Å². The Labute approximate surface area is 110 Å². The topological polar surface area (TPSA) is 85.9 Å². The number of carbonyl (C=O) groups is 2. The number of likely N-dealkylation sites (N-methyl/N-ethyl adjacent to an activating group) is 1.